The van der Waals surface area contributed by atoms with Crippen molar-refractivity contribution in [1.29, 1.82) is 0 Å². The van der Waals surface area contributed by atoms with Crippen molar-refractivity contribution in [3.8, 4) is 0 Å². The average molecular weight is 311 g/mol. The van der Waals surface area contributed by atoms with Gasteiger partial charge in [0.05, 0.1) is 17.5 Å². The summed E-state index contributed by atoms with van der Waals surface area (Å²) in [7, 11) is 1.96. The number of hydrogen-bond acceptors (Lipinski definition) is 4. The van der Waals surface area contributed by atoms with Crippen LogP contribution in [-0.2, 0) is 7.05 Å². The molecule has 3 heterocycles. The van der Waals surface area contributed by atoms with Crippen molar-refractivity contribution in [2.45, 2.75) is 12.0 Å². The van der Waals surface area contributed by atoms with Gasteiger partial charge in [0.2, 0.25) is 0 Å². The maximum Gasteiger partial charge on any atom is 0.125 e. The maximum absolute atomic E-state index is 13.4. The molecule has 0 bridgehead atoms. The number of nitrogens with zero attached hydrogens (tertiary/aromatic N) is 4. The van der Waals surface area contributed by atoms with Gasteiger partial charge >= 0.3 is 0 Å². The first-order valence-corrected chi connectivity index (χ1v) is 7.64. The third kappa shape index (κ3) is 2.45. The lowest BCUT2D eigenvalue weighted by Gasteiger charge is -2.20. The van der Waals surface area contributed by atoms with Gasteiger partial charge in [-0.05, 0) is 18.2 Å². The van der Waals surface area contributed by atoms with E-state index in [4.69, 9.17) is 5.73 Å². The Hall–Kier alpha value is -2.47. The molecule has 0 unspecified atom stereocenters. The van der Waals surface area contributed by atoms with E-state index in [1.165, 1.54) is 12.1 Å². The van der Waals surface area contributed by atoms with Gasteiger partial charge in [-0.3, -0.25) is 4.98 Å². The minimum atomic E-state index is -0.272. The van der Waals surface area contributed by atoms with Crippen molar-refractivity contribution in [1.82, 2.24) is 14.5 Å². The summed E-state index contributed by atoms with van der Waals surface area (Å²) in [6, 6.07) is 6.71. The van der Waals surface area contributed by atoms with Crippen LogP contribution in [0.15, 0.2) is 43.0 Å². The van der Waals surface area contributed by atoms with E-state index >= 15 is 0 Å². The standard InChI is InChI=1S/C17H18FN5/c1-22-9-16(21-10-22)13-7-23(8-14(13)19)17-4-5-20-15-6-11(18)2-3-12(15)17/h2-6,9-10,13-14H,7-8,19H2,1H3/t13-,14-/m1/s1. The van der Waals surface area contributed by atoms with Crippen molar-refractivity contribution in [2.24, 2.45) is 12.8 Å². The van der Waals surface area contributed by atoms with Gasteiger partial charge in [0.25, 0.3) is 0 Å². The predicted octanol–water partition coefficient (Wildman–Crippen LogP) is 2.04. The zero-order valence-corrected chi connectivity index (χ0v) is 12.9. The van der Waals surface area contributed by atoms with Crippen molar-refractivity contribution >= 4 is 16.6 Å². The highest BCUT2D eigenvalue weighted by molar-refractivity contribution is 5.91. The Labute approximate surface area is 133 Å². The normalized spacial score (nSPS) is 21.3. The number of aryl methyl sites for hydroxylation is 1. The summed E-state index contributed by atoms with van der Waals surface area (Å²) in [4.78, 5) is 10.9. The molecule has 0 saturated carbocycles. The van der Waals surface area contributed by atoms with Crippen LogP contribution in [0.1, 0.15) is 11.6 Å². The largest absolute Gasteiger partial charge is 0.369 e. The summed E-state index contributed by atoms with van der Waals surface area (Å²) >= 11 is 0. The number of halogens is 1. The molecule has 4 rings (SSSR count). The van der Waals surface area contributed by atoms with Gasteiger partial charge in [-0.25, -0.2) is 9.37 Å². The fraction of sp³-hybridized carbons (Fsp3) is 0.294. The van der Waals surface area contributed by atoms with E-state index < -0.39 is 0 Å². The van der Waals surface area contributed by atoms with Crippen molar-refractivity contribution < 1.29 is 4.39 Å². The van der Waals surface area contributed by atoms with Crippen LogP contribution in [-0.4, -0.2) is 33.7 Å². The van der Waals surface area contributed by atoms with Crippen LogP contribution in [0.5, 0.6) is 0 Å². The molecule has 5 nitrogen and oxygen atoms in total. The van der Waals surface area contributed by atoms with E-state index in [-0.39, 0.29) is 17.8 Å². The van der Waals surface area contributed by atoms with Gasteiger partial charge in [0.15, 0.2) is 0 Å². The van der Waals surface area contributed by atoms with Crippen molar-refractivity contribution in [2.75, 3.05) is 18.0 Å². The second-order valence-electron chi connectivity index (χ2n) is 6.13. The number of nitrogens with two attached hydrogens (primary N) is 1. The Morgan fingerprint density at radius 1 is 1.22 bits per heavy atom. The summed E-state index contributed by atoms with van der Waals surface area (Å²) in [6.07, 6.45) is 5.54. The van der Waals surface area contributed by atoms with Crippen LogP contribution >= 0.6 is 0 Å². The zero-order chi connectivity index (χ0) is 16.0. The van der Waals surface area contributed by atoms with Gasteiger partial charge < -0.3 is 15.2 Å². The molecule has 23 heavy (non-hydrogen) atoms. The fourth-order valence-electron chi connectivity index (χ4n) is 3.35. The second-order valence-corrected chi connectivity index (χ2v) is 6.13. The molecule has 1 saturated heterocycles. The minimum Gasteiger partial charge on any atom is -0.369 e. The smallest absolute Gasteiger partial charge is 0.125 e. The predicted molar refractivity (Wildman–Crippen MR) is 87.8 cm³/mol. The highest BCUT2D eigenvalue weighted by atomic mass is 19.1. The van der Waals surface area contributed by atoms with Crippen molar-refractivity contribution in [3.05, 3.63) is 54.5 Å². The number of aromatic nitrogens is 3. The van der Waals surface area contributed by atoms with E-state index in [2.05, 4.69) is 14.9 Å². The summed E-state index contributed by atoms with van der Waals surface area (Å²) in [6.45, 7) is 1.55. The van der Waals surface area contributed by atoms with Gasteiger partial charge in [-0.15, -0.1) is 0 Å². The molecule has 2 atom stereocenters. The van der Waals surface area contributed by atoms with E-state index in [1.54, 1.807) is 18.6 Å². The highest BCUT2D eigenvalue weighted by Crippen LogP contribution is 2.33. The van der Waals surface area contributed by atoms with Gasteiger partial charge in [0.1, 0.15) is 5.82 Å². The number of fused-ring (bicyclic) bond motifs is 1. The summed E-state index contributed by atoms with van der Waals surface area (Å²) in [5.74, 6) is -0.0773. The first kappa shape index (κ1) is 14.1. The zero-order valence-electron chi connectivity index (χ0n) is 12.9. The molecule has 0 amide bonds. The number of rotatable bonds is 2. The SMILES string of the molecule is Cn1cnc([C@@H]2CN(c3ccnc4cc(F)ccc34)C[C@H]2N)c1. The molecular weight excluding hydrogens is 293 g/mol. The summed E-state index contributed by atoms with van der Waals surface area (Å²) in [5, 5.41) is 0.947. The lowest BCUT2D eigenvalue weighted by molar-refractivity contribution is 0.629. The average Bonchev–Trinajstić information content (AvgIpc) is 3.12. The fourth-order valence-corrected chi connectivity index (χ4v) is 3.35. The molecule has 0 aliphatic carbocycles. The van der Waals surface area contributed by atoms with Gasteiger partial charge in [0, 0.05) is 61.6 Å². The molecule has 118 valence electrons. The molecular formula is C17H18FN5. The Morgan fingerprint density at radius 2 is 2.09 bits per heavy atom. The lowest BCUT2D eigenvalue weighted by atomic mass is 10.0. The van der Waals surface area contributed by atoms with Crippen LogP contribution in [0, 0.1) is 5.82 Å². The number of benzene rings is 1. The third-order valence-electron chi connectivity index (χ3n) is 4.49. The minimum absolute atomic E-state index is 0.0218. The molecule has 1 aliphatic rings. The van der Waals surface area contributed by atoms with Crippen LogP contribution in [0.25, 0.3) is 10.9 Å². The monoisotopic (exact) mass is 311 g/mol. The maximum atomic E-state index is 13.4. The van der Waals surface area contributed by atoms with Crippen LogP contribution in [0.4, 0.5) is 10.1 Å². The first-order valence-electron chi connectivity index (χ1n) is 7.64. The van der Waals surface area contributed by atoms with E-state index in [1.807, 2.05) is 23.9 Å². The molecule has 2 N–H and O–H groups in total. The number of pyridine rings is 1. The molecule has 6 heteroatoms. The first-order chi connectivity index (χ1) is 11.1. The Bertz CT molecular complexity index is 859. The molecule has 3 aromatic rings. The lowest BCUT2D eigenvalue weighted by Crippen LogP contribution is -2.28. The molecule has 0 spiro atoms. The number of anilines is 1. The highest BCUT2D eigenvalue weighted by Gasteiger charge is 2.33. The van der Waals surface area contributed by atoms with E-state index in [0.717, 1.165) is 29.9 Å². The molecule has 1 aliphatic heterocycles. The Kier molecular flexibility index (Phi) is 3.27. The van der Waals surface area contributed by atoms with E-state index in [0.29, 0.717) is 5.52 Å². The molecule has 2 aromatic heterocycles. The Balaban J connectivity index is 1.69. The third-order valence-corrected chi connectivity index (χ3v) is 4.49. The van der Waals surface area contributed by atoms with Gasteiger partial charge in [-0.1, -0.05) is 0 Å². The Morgan fingerprint density at radius 3 is 2.87 bits per heavy atom. The van der Waals surface area contributed by atoms with Crippen LogP contribution in [0.2, 0.25) is 0 Å². The van der Waals surface area contributed by atoms with Crippen LogP contribution < -0.4 is 10.6 Å². The molecule has 1 fully saturated rings. The topological polar surface area (TPSA) is 60.0 Å². The van der Waals surface area contributed by atoms with Crippen LogP contribution in [0.3, 0.4) is 0 Å². The molecule has 1 aromatic carbocycles. The van der Waals surface area contributed by atoms with E-state index in [9.17, 15) is 4.39 Å². The molecule has 0 radical (unpaired) electrons. The van der Waals surface area contributed by atoms with Gasteiger partial charge in [-0.2, -0.15) is 0 Å². The summed E-state index contributed by atoms with van der Waals surface area (Å²) < 4.78 is 15.3. The van der Waals surface area contributed by atoms with Crippen molar-refractivity contribution in [3.63, 3.8) is 0 Å². The number of imidazole rings is 1. The quantitative estimate of drug-likeness (QED) is 0.787. The summed E-state index contributed by atoms with van der Waals surface area (Å²) in [5.41, 5.74) is 9.08. The number of hydrogen-bond donors (Lipinski definition) is 1. The second kappa shape index (κ2) is 5.31.